The van der Waals surface area contributed by atoms with Crippen LogP contribution < -0.4 is 5.32 Å². The highest BCUT2D eigenvalue weighted by atomic mass is 16.6. The summed E-state index contributed by atoms with van der Waals surface area (Å²) in [6, 6.07) is 0.370. The molecule has 2 aliphatic heterocycles. The second-order valence-electron chi connectivity index (χ2n) is 5.86. The van der Waals surface area contributed by atoms with Crippen molar-refractivity contribution in [2.45, 2.75) is 45.8 Å². The van der Waals surface area contributed by atoms with E-state index < -0.39 is 0 Å². The molecule has 0 aromatic rings. The third-order valence-corrected chi connectivity index (χ3v) is 3.27. The van der Waals surface area contributed by atoms with E-state index >= 15 is 0 Å². The second-order valence-corrected chi connectivity index (χ2v) is 5.86. The molecule has 2 bridgehead atoms. The van der Waals surface area contributed by atoms with Crippen LogP contribution in [-0.4, -0.2) is 24.2 Å². The van der Waals surface area contributed by atoms with Crippen LogP contribution in [0.4, 0.5) is 0 Å². The molecule has 80 valence electrons. The van der Waals surface area contributed by atoms with E-state index in [1.54, 1.807) is 0 Å². The van der Waals surface area contributed by atoms with Gasteiger partial charge in [-0.15, -0.1) is 0 Å². The molecule has 2 saturated heterocycles. The maximum atomic E-state index is 11.8. The zero-order chi connectivity index (χ0) is 10.6. The van der Waals surface area contributed by atoms with Gasteiger partial charge in [0.25, 0.3) is 0 Å². The van der Waals surface area contributed by atoms with Gasteiger partial charge in [-0.1, -0.05) is 6.92 Å². The first-order valence-electron chi connectivity index (χ1n) is 5.28. The van der Waals surface area contributed by atoms with Crippen molar-refractivity contribution in [3.63, 3.8) is 0 Å². The Morgan fingerprint density at radius 1 is 1.50 bits per heavy atom. The number of ether oxygens (including phenoxy) is 1. The number of hydrogen-bond acceptors (Lipinski definition) is 3. The van der Waals surface area contributed by atoms with Crippen molar-refractivity contribution in [1.29, 1.82) is 0 Å². The zero-order valence-electron chi connectivity index (χ0n) is 9.39. The predicted molar refractivity (Wildman–Crippen MR) is 53.8 cm³/mol. The lowest BCUT2D eigenvalue weighted by molar-refractivity contribution is -0.169. The molecule has 0 unspecified atom stereocenters. The third-order valence-electron chi connectivity index (χ3n) is 3.27. The Bertz CT molecular complexity index is 265. The molecular formula is C11H19NO2. The van der Waals surface area contributed by atoms with Gasteiger partial charge >= 0.3 is 5.97 Å². The molecule has 0 aromatic carbocycles. The van der Waals surface area contributed by atoms with E-state index in [-0.39, 0.29) is 22.9 Å². The highest BCUT2D eigenvalue weighted by molar-refractivity contribution is 5.77. The molecule has 3 heteroatoms. The van der Waals surface area contributed by atoms with Crippen molar-refractivity contribution in [2.75, 3.05) is 6.54 Å². The number of carbonyl (C=O) groups is 1. The molecule has 1 N–H and O–H groups in total. The smallest absolute Gasteiger partial charge is 0.311 e. The molecule has 3 aliphatic rings. The van der Waals surface area contributed by atoms with E-state index in [1.165, 1.54) is 0 Å². The monoisotopic (exact) mass is 197 g/mol. The van der Waals surface area contributed by atoms with Crippen LogP contribution in [0.5, 0.6) is 0 Å². The summed E-state index contributed by atoms with van der Waals surface area (Å²) in [5.41, 5.74) is -0.199. The topological polar surface area (TPSA) is 38.3 Å². The van der Waals surface area contributed by atoms with Crippen LogP contribution in [-0.2, 0) is 9.53 Å². The van der Waals surface area contributed by atoms with Crippen LogP contribution in [0.1, 0.15) is 34.1 Å². The Balaban J connectivity index is 2.01. The SMILES string of the molecule is CC(C)(C)OC(=O)[C@@H]1[C@H]2C[C@]1(C)CN2. The third kappa shape index (κ3) is 1.44. The highest BCUT2D eigenvalue weighted by Crippen LogP contribution is 2.52. The predicted octanol–water partition coefficient (Wildman–Crippen LogP) is 1.33. The van der Waals surface area contributed by atoms with Crippen LogP contribution in [0, 0.1) is 11.3 Å². The largest absolute Gasteiger partial charge is 0.460 e. The second kappa shape index (κ2) is 2.72. The molecule has 0 aromatic heterocycles. The zero-order valence-corrected chi connectivity index (χ0v) is 9.39. The summed E-state index contributed by atoms with van der Waals surface area (Å²) in [5, 5.41) is 3.35. The van der Waals surface area contributed by atoms with E-state index in [2.05, 4.69) is 12.2 Å². The minimum atomic E-state index is -0.359. The molecular weight excluding hydrogens is 178 g/mol. The lowest BCUT2D eigenvalue weighted by Gasteiger charge is -2.42. The average Bonchev–Trinajstić information content (AvgIpc) is 2.39. The van der Waals surface area contributed by atoms with Crippen LogP contribution in [0.15, 0.2) is 0 Å². The van der Waals surface area contributed by atoms with Crippen molar-refractivity contribution in [1.82, 2.24) is 5.32 Å². The number of rotatable bonds is 1. The molecule has 14 heavy (non-hydrogen) atoms. The normalized spacial score (nSPS) is 40.6. The molecule has 3 rings (SSSR count). The van der Waals surface area contributed by atoms with E-state index in [0.29, 0.717) is 6.04 Å². The van der Waals surface area contributed by atoms with Crippen LogP contribution >= 0.6 is 0 Å². The molecule has 0 spiro atoms. The molecule has 0 radical (unpaired) electrons. The summed E-state index contributed by atoms with van der Waals surface area (Å²) < 4.78 is 5.41. The van der Waals surface area contributed by atoms with Crippen molar-refractivity contribution in [2.24, 2.45) is 11.3 Å². The summed E-state index contributed by atoms with van der Waals surface area (Å²) in [7, 11) is 0. The van der Waals surface area contributed by atoms with Crippen LogP contribution in [0.2, 0.25) is 0 Å². The number of carbonyl (C=O) groups excluding carboxylic acids is 1. The first-order chi connectivity index (χ1) is 6.32. The number of hydrogen-bond donors (Lipinski definition) is 1. The van der Waals surface area contributed by atoms with Gasteiger partial charge in [0.2, 0.25) is 0 Å². The van der Waals surface area contributed by atoms with E-state index in [4.69, 9.17) is 4.74 Å². The maximum absolute atomic E-state index is 11.8. The Labute approximate surface area is 85.2 Å². The molecule has 3 atom stereocenters. The van der Waals surface area contributed by atoms with Gasteiger partial charge in [0.15, 0.2) is 0 Å². The quantitative estimate of drug-likeness (QED) is 0.644. The van der Waals surface area contributed by atoms with Gasteiger partial charge in [0.05, 0.1) is 5.92 Å². The fourth-order valence-electron chi connectivity index (χ4n) is 2.62. The first-order valence-corrected chi connectivity index (χ1v) is 5.28. The van der Waals surface area contributed by atoms with Crippen LogP contribution in [0.3, 0.4) is 0 Å². The molecule has 2 heterocycles. The van der Waals surface area contributed by atoms with Crippen LogP contribution in [0.25, 0.3) is 0 Å². The molecule has 1 aliphatic carbocycles. The van der Waals surface area contributed by atoms with Gasteiger partial charge in [0, 0.05) is 12.6 Å². The van der Waals surface area contributed by atoms with Gasteiger partial charge in [-0.25, -0.2) is 0 Å². The Morgan fingerprint density at radius 2 is 2.14 bits per heavy atom. The molecule has 1 saturated carbocycles. The lowest BCUT2D eigenvalue weighted by atomic mass is 9.62. The Hall–Kier alpha value is -0.570. The Morgan fingerprint density at radius 3 is 2.50 bits per heavy atom. The molecule has 3 fully saturated rings. The summed E-state index contributed by atoms with van der Waals surface area (Å²) in [4.78, 5) is 11.8. The van der Waals surface area contributed by atoms with Gasteiger partial charge in [-0.05, 0) is 32.6 Å². The molecule has 3 nitrogen and oxygen atoms in total. The van der Waals surface area contributed by atoms with Crippen molar-refractivity contribution in [3.05, 3.63) is 0 Å². The van der Waals surface area contributed by atoms with Gasteiger partial charge < -0.3 is 10.1 Å². The average molecular weight is 197 g/mol. The first kappa shape index (κ1) is 9.97. The minimum Gasteiger partial charge on any atom is -0.460 e. The van der Waals surface area contributed by atoms with E-state index in [1.807, 2.05) is 20.8 Å². The lowest BCUT2D eigenvalue weighted by Crippen LogP contribution is -2.50. The standard InChI is InChI=1S/C11H19NO2/c1-10(2,3)14-9(13)8-7-5-11(8,4)6-12-7/h7-8,12H,5-6H2,1-4H3/t7-,8+,11-/m1/s1. The number of esters is 1. The van der Waals surface area contributed by atoms with E-state index in [9.17, 15) is 4.79 Å². The molecule has 0 amide bonds. The van der Waals surface area contributed by atoms with Crippen molar-refractivity contribution < 1.29 is 9.53 Å². The van der Waals surface area contributed by atoms with E-state index in [0.717, 1.165) is 13.0 Å². The van der Waals surface area contributed by atoms with Crippen molar-refractivity contribution >= 4 is 5.97 Å². The minimum absolute atomic E-state index is 0.0266. The fraction of sp³-hybridized carbons (Fsp3) is 0.909. The maximum Gasteiger partial charge on any atom is 0.311 e. The number of nitrogens with one attached hydrogen (secondary N) is 1. The summed E-state index contributed by atoms with van der Waals surface area (Å²) in [6.07, 6.45) is 1.12. The highest BCUT2D eigenvalue weighted by Gasteiger charge is 2.60. The number of fused-ring (bicyclic) bond motifs is 1. The Kier molecular flexibility index (Phi) is 1.94. The van der Waals surface area contributed by atoms with Gasteiger partial charge in [-0.2, -0.15) is 0 Å². The summed E-state index contributed by atoms with van der Waals surface area (Å²) in [5.74, 6) is 0.0583. The van der Waals surface area contributed by atoms with Gasteiger partial charge in [0.1, 0.15) is 5.60 Å². The fourth-order valence-corrected chi connectivity index (χ4v) is 2.62. The summed E-state index contributed by atoms with van der Waals surface area (Å²) in [6.45, 7) is 8.88. The van der Waals surface area contributed by atoms with Gasteiger partial charge in [-0.3, -0.25) is 4.79 Å². The van der Waals surface area contributed by atoms with Crippen molar-refractivity contribution in [3.8, 4) is 0 Å². The summed E-state index contributed by atoms with van der Waals surface area (Å²) >= 11 is 0.